The summed E-state index contributed by atoms with van der Waals surface area (Å²) in [5, 5.41) is 14.4. The number of thiazole rings is 1. The third-order valence-corrected chi connectivity index (χ3v) is 6.63. The van der Waals surface area contributed by atoms with Gasteiger partial charge in [-0.1, -0.05) is 36.0 Å². The molecule has 0 radical (unpaired) electrons. The average Bonchev–Trinajstić information content (AvgIpc) is 3.46. The lowest BCUT2D eigenvalue weighted by atomic mass is 10.3. The second-order valence-electron chi connectivity index (χ2n) is 5.76. The van der Waals surface area contributed by atoms with E-state index >= 15 is 0 Å². The van der Waals surface area contributed by atoms with Crippen molar-refractivity contribution in [1.29, 1.82) is 0 Å². The van der Waals surface area contributed by atoms with Crippen LogP contribution in [0.15, 0.2) is 64.7 Å². The first-order chi connectivity index (χ1) is 13.4. The van der Waals surface area contributed by atoms with Gasteiger partial charge in [0.25, 0.3) is 0 Å². The Kier molecular flexibility index (Phi) is 6.18. The number of hydrogen-bond acceptors (Lipinski definition) is 7. The van der Waals surface area contributed by atoms with Crippen molar-refractivity contribution in [3.8, 4) is 5.75 Å². The van der Waals surface area contributed by atoms with Gasteiger partial charge >= 0.3 is 0 Å². The number of nitrogens with zero attached hydrogens (tertiary/aromatic N) is 4. The Labute approximate surface area is 170 Å². The lowest BCUT2D eigenvalue weighted by Crippen LogP contribution is -2.01. The molecule has 0 aliphatic carbocycles. The zero-order valence-corrected chi connectivity index (χ0v) is 17.0. The molecule has 8 heteroatoms. The molecule has 0 aliphatic heterocycles. The molecule has 4 rings (SSSR count). The van der Waals surface area contributed by atoms with Gasteiger partial charge in [0.1, 0.15) is 23.7 Å². The number of rotatable bonds is 9. The number of thioether (sulfide) groups is 1. The third kappa shape index (κ3) is 5.18. The molecule has 0 aliphatic rings. The fourth-order valence-electron chi connectivity index (χ4n) is 2.48. The first kappa shape index (κ1) is 18.2. The number of ether oxygens (including phenoxy) is 1. The van der Waals surface area contributed by atoms with Crippen molar-refractivity contribution >= 4 is 34.4 Å². The Hall–Kier alpha value is -2.16. The van der Waals surface area contributed by atoms with Crippen LogP contribution < -0.4 is 4.74 Å². The molecule has 0 fully saturated rings. The predicted octanol–water partition coefficient (Wildman–Crippen LogP) is 4.91. The molecule has 0 N–H and O–H groups in total. The minimum Gasteiger partial charge on any atom is -0.486 e. The topological polar surface area (TPSA) is 52.8 Å². The maximum Gasteiger partial charge on any atom is 0.191 e. The van der Waals surface area contributed by atoms with E-state index in [0.29, 0.717) is 6.61 Å². The molecule has 3 heterocycles. The second kappa shape index (κ2) is 9.16. The highest BCUT2D eigenvalue weighted by Gasteiger charge is 2.09. The first-order valence-electron chi connectivity index (χ1n) is 8.51. The van der Waals surface area contributed by atoms with Gasteiger partial charge in [0.05, 0.1) is 5.69 Å². The smallest absolute Gasteiger partial charge is 0.191 e. The van der Waals surface area contributed by atoms with Crippen LogP contribution in [0.2, 0.25) is 0 Å². The predicted molar refractivity (Wildman–Crippen MR) is 110 cm³/mol. The fraction of sp³-hybridized carbons (Fsp3) is 0.211. The maximum absolute atomic E-state index is 5.76. The summed E-state index contributed by atoms with van der Waals surface area (Å²) in [6, 6.07) is 14.1. The molecule has 0 saturated heterocycles. The van der Waals surface area contributed by atoms with Crippen molar-refractivity contribution in [3.63, 3.8) is 0 Å². The van der Waals surface area contributed by atoms with Crippen LogP contribution in [0.5, 0.6) is 5.75 Å². The molecule has 0 bridgehead atoms. The highest BCUT2D eigenvalue weighted by molar-refractivity contribution is 7.98. The summed E-state index contributed by atoms with van der Waals surface area (Å²) in [4.78, 5) is 6.04. The van der Waals surface area contributed by atoms with Crippen molar-refractivity contribution in [2.75, 3.05) is 0 Å². The number of hydrogen-bond donors (Lipinski definition) is 0. The average molecular weight is 415 g/mol. The van der Waals surface area contributed by atoms with Crippen molar-refractivity contribution in [3.05, 3.63) is 75.1 Å². The van der Waals surface area contributed by atoms with Gasteiger partial charge in [0, 0.05) is 22.6 Å². The monoisotopic (exact) mass is 414 g/mol. The van der Waals surface area contributed by atoms with Crippen molar-refractivity contribution in [2.24, 2.45) is 0 Å². The highest BCUT2D eigenvalue weighted by atomic mass is 32.2. The molecule has 1 aromatic carbocycles. The summed E-state index contributed by atoms with van der Waals surface area (Å²) in [7, 11) is 0. The number of aryl methyl sites for hydroxylation is 2. The van der Waals surface area contributed by atoms with Crippen LogP contribution in [-0.2, 0) is 25.3 Å². The van der Waals surface area contributed by atoms with E-state index < -0.39 is 0 Å². The molecule has 0 atom stereocenters. The SMILES string of the molecule is c1ccc(OCc2nc(CSc3nncn3CCc3cccs3)cs2)cc1. The van der Waals surface area contributed by atoms with Gasteiger partial charge in [-0.25, -0.2) is 4.98 Å². The number of para-hydroxylation sites is 1. The summed E-state index contributed by atoms with van der Waals surface area (Å²) in [5.41, 5.74) is 1.05. The molecule has 5 nitrogen and oxygen atoms in total. The Morgan fingerprint density at radius 1 is 1.07 bits per heavy atom. The van der Waals surface area contributed by atoms with Gasteiger partial charge in [-0.3, -0.25) is 0 Å². The quantitative estimate of drug-likeness (QED) is 0.364. The van der Waals surface area contributed by atoms with Gasteiger partial charge in [-0.15, -0.1) is 32.9 Å². The highest BCUT2D eigenvalue weighted by Crippen LogP contribution is 2.23. The van der Waals surface area contributed by atoms with E-state index in [-0.39, 0.29) is 0 Å². The summed E-state index contributed by atoms with van der Waals surface area (Å²) >= 11 is 5.08. The Morgan fingerprint density at radius 3 is 2.85 bits per heavy atom. The van der Waals surface area contributed by atoms with Gasteiger partial charge in [0.2, 0.25) is 0 Å². The maximum atomic E-state index is 5.76. The molecular weight excluding hydrogens is 396 g/mol. The largest absolute Gasteiger partial charge is 0.486 e. The van der Waals surface area contributed by atoms with Crippen LogP contribution in [0.3, 0.4) is 0 Å². The standard InChI is InChI=1S/C19H18N4OS3/c1-2-5-16(6-3-1)24-11-18-21-15(12-26-18)13-27-19-22-20-14-23(19)9-8-17-7-4-10-25-17/h1-7,10,12,14H,8-9,11,13H2. The summed E-state index contributed by atoms with van der Waals surface area (Å²) in [6.07, 6.45) is 2.80. The van der Waals surface area contributed by atoms with E-state index in [4.69, 9.17) is 4.74 Å². The van der Waals surface area contributed by atoms with Gasteiger partial charge in [0.15, 0.2) is 5.16 Å². The van der Waals surface area contributed by atoms with E-state index in [1.807, 2.05) is 30.3 Å². The second-order valence-corrected chi connectivity index (χ2v) is 8.68. The molecular formula is C19H18N4OS3. The van der Waals surface area contributed by atoms with Crippen LogP contribution >= 0.6 is 34.4 Å². The van der Waals surface area contributed by atoms with Crippen LogP contribution in [-0.4, -0.2) is 19.7 Å². The van der Waals surface area contributed by atoms with Crippen LogP contribution in [0.25, 0.3) is 0 Å². The molecule has 3 aromatic heterocycles. The molecule has 138 valence electrons. The summed E-state index contributed by atoms with van der Waals surface area (Å²) in [5.74, 6) is 1.64. The zero-order chi connectivity index (χ0) is 18.3. The van der Waals surface area contributed by atoms with Crippen LogP contribution in [0.1, 0.15) is 15.6 Å². The van der Waals surface area contributed by atoms with Crippen molar-refractivity contribution in [2.45, 2.75) is 30.5 Å². The minimum absolute atomic E-state index is 0.496. The molecule has 0 unspecified atom stereocenters. The van der Waals surface area contributed by atoms with Crippen molar-refractivity contribution < 1.29 is 4.74 Å². The van der Waals surface area contributed by atoms with Gasteiger partial charge < -0.3 is 9.30 Å². The van der Waals surface area contributed by atoms with Gasteiger partial charge in [-0.05, 0) is 30.0 Å². The minimum atomic E-state index is 0.496. The summed E-state index contributed by atoms with van der Waals surface area (Å²) in [6.45, 7) is 1.39. The Balaban J connectivity index is 1.28. The molecule has 27 heavy (non-hydrogen) atoms. The molecule has 0 amide bonds. The Bertz CT molecular complexity index is 950. The van der Waals surface area contributed by atoms with E-state index in [0.717, 1.165) is 40.3 Å². The fourth-order valence-corrected chi connectivity index (χ4v) is 4.82. The molecule has 4 aromatic rings. The van der Waals surface area contributed by atoms with Crippen LogP contribution in [0.4, 0.5) is 0 Å². The van der Waals surface area contributed by atoms with Crippen LogP contribution in [0, 0.1) is 0 Å². The van der Waals surface area contributed by atoms with Gasteiger partial charge in [-0.2, -0.15) is 0 Å². The van der Waals surface area contributed by atoms with E-state index in [2.05, 4.69) is 42.6 Å². The molecule has 0 saturated carbocycles. The number of benzene rings is 1. The lowest BCUT2D eigenvalue weighted by Gasteiger charge is -2.04. The van der Waals surface area contributed by atoms with E-state index in [1.54, 1.807) is 40.8 Å². The Morgan fingerprint density at radius 2 is 2.00 bits per heavy atom. The van der Waals surface area contributed by atoms with Crippen molar-refractivity contribution in [1.82, 2.24) is 19.7 Å². The normalized spacial score (nSPS) is 11.0. The third-order valence-electron chi connectivity index (χ3n) is 3.81. The lowest BCUT2D eigenvalue weighted by molar-refractivity contribution is 0.305. The summed E-state index contributed by atoms with van der Waals surface area (Å²) < 4.78 is 7.87. The molecule has 0 spiro atoms. The number of thiophene rings is 1. The van der Waals surface area contributed by atoms with E-state index in [1.165, 1.54) is 4.88 Å². The van der Waals surface area contributed by atoms with E-state index in [9.17, 15) is 0 Å². The first-order valence-corrected chi connectivity index (χ1v) is 11.3. The number of aromatic nitrogens is 4. The zero-order valence-electron chi connectivity index (χ0n) is 14.5.